The Bertz CT molecular complexity index is 1860. The van der Waals surface area contributed by atoms with Gasteiger partial charge in [0.2, 0.25) is 5.91 Å². The number of aliphatic carboxylic acids is 1. The second-order valence-electron chi connectivity index (χ2n) is 13.5. The van der Waals surface area contributed by atoms with Crippen molar-refractivity contribution in [1.29, 1.82) is 0 Å². The molecule has 7 rings (SSSR count). The molecule has 3 aromatic carbocycles. The Hall–Kier alpha value is -5.03. The normalized spacial score (nSPS) is 17.7. The summed E-state index contributed by atoms with van der Waals surface area (Å²) in [6.45, 7) is 1.76. The molecule has 0 saturated heterocycles. The largest absolute Gasteiger partial charge is 0.478 e. The summed E-state index contributed by atoms with van der Waals surface area (Å²) in [5.74, 6) is -1.04. The third-order valence-corrected chi connectivity index (χ3v) is 10.4. The molecular weight excluding hydrogens is 600 g/mol. The van der Waals surface area contributed by atoms with E-state index in [4.69, 9.17) is 5.11 Å². The summed E-state index contributed by atoms with van der Waals surface area (Å²) >= 11 is 0. The standard InChI is InChI=1S/C40H42N4O4/c45-35(46)21-16-27-14-18-30(19-15-27)42-39(48)40(22-6-7-23-40)43-38(47)29-17-20-32-34(26-29)44-25-9-8-24-41-33-13-5-4-12-31(33)37(44)36(32)28-10-2-1-3-11-28/h12-21,26,28,41H,1-3,6-11,22-25H2,(H,42,48)(H,43,47)(H,45,46)/b21-16+. The maximum absolute atomic E-state index is 14.1. The highest BCUT2D eigenvalue weighted by Crippen LogP contribution is 2.46. The summed E-state index contributed by atoms with van der Waals surface area (Å²) in [5.41, 5.74) is 6.77. The van der Waals surface area contributed by atoms with Crippen LogP contribution in [-0.2, 0) is 16.1 Å². The highest BCUT2D eigenvalue weighted by atomic mass is 16.4. The Labute approximate surface area is 281 Å². The van der Waals surface area contributed by atoms with E-state index in [2.05, 4.69) is 44.8 Å². The van der Waals surface area contributed by atoms with Crippen molar-refractivity contribution in [2.24, 2.45) is 0 Å². The van der Waals surface area contributed by atoms with Crippen molar-refractivity contribution in [3.63, 3.8) is 0 Å². The summed E-state index contributed by atoms with van der Waals surface area (Å²) in [6.07, 6.45) is 13.5. The van der Waals surface area contributed by atoms with Crippen LogP contribution in [0.5, 0.6) is 0 Å². The Morgan fingerprint density at radius 3 is 2.46 bits per heavy atom. The number of nitrogens with one attached hydrogen (secondary N) is 3. The van der Waals surface area contributed by atoms with E-state index in [1.165, 1.54) is 54.8 Å². The number of amides is 2. The minimum Gasteiger partial charge on any atom is -0.478 e. The quantitative estimate of drug-likeness (QED) is 0.153. The SMILES string of the molecule is O=C(O)/C=C/c1ccc(NC(=O)C2(NC(=O)c3ccc4c(C5CCCCC5)c5n(c4c3)CCCCNc3cc#ccc3-5)CCCC2)cc1. The van der Waals surface area contributed by atoms with Crippen LogP contribution >= 0.6 is 0 Å². The number of benzene rings is 2. The van der Waals surface area contributed by atoms with Crippen molar-refractivity contribution in [2.45, 2.75) is 88.6 Å². The van der Waals surface area contributed by atoms with Gasteiger partial charge in [0, 0.05) is 52.9 Å². The van der Waals surface area contributed by atoms with E-state index in [0.29, 0.717) is 35.6 Å². The first kappa shape index (κ1) is 31.6. The van der Waals surface area contributed by atoms with Gasteiger partial charge in [-0.15, -0.1) is 0 Å². The van der Waals surface area contributed by atoms with Gasteiger partial charge < -0.3 is 25.6 Å². The maximum Gasteiger partial charge on any atom is 0.328 e. The zero-order valence-electron chi connectivity index (χ0n) is 27.2. The predicted octanol–water partition coefficient (Wildman–Crippen LogP) is 7.94. The van der Waals surface area contributed by atoms with Gasteiger partial charge in [-0.1, -0.05) is 62.4 Å². The molecule has 0 atom stereocenters. The van der Waals surface area contributed by atoms with E-state index in [-0.39, 0.29) is 11.8 Å². The van der Waals surface area contributed by atoms with Gasteiger partial charge in [0.1, 0.15) is 5.54 Å². The summed E-state index contributed by atoms with van der Waals surface area (Å²) in [7, 11) is 0. The highest BCUT2D eigenvalue weighted by Gasteiger charge is 2.43. The van der Waals surface area contributed by atoms with Gasteiger partial charge >= 0.3 is 5.97 Å². The molecular formula is C40H42N4O4. The zero-order chi connectivity index (χ0) is 33.1. The van der Waals surface area contributed by atoms with Crippen molar-refractivity contribution in [1.82, 2.24) is 9.88 Å². The van der Waals surface area contributed by atoms with Crippen molar-refractivity contribution in [3.8, 4) is 11.3 Å². The monoisotopic (exact) mass is 642 g/mol. The van der Waals surface area contributed by atoms with Gasteiger partial charge in [-0.2, -0.15) is 0 Å². The molecule has 1 aliphatic heterocycles. The minimum atomic E-state index is -1.02. The Kier molecular flexibility index (Phi) is 8.94. The van der Waals surface area contributed by atoms with Crippen LogP contribution in [0.1, 0.15) is 98.0 Å². The molecule has 2 aliphatic carbocycles. The van der Waals surface area contributed by atoms with Crippen LogP contribution in [0.15, 0.2) is 60.7 Å². The second kappa shape index (κ2) is 13.6. The van der Waals surface area contributed by atoms with Gasteiger partial charge in [0.05, 0.1) is 11.4 Å². The first-order valence-corrected chi connectivity index (χ1v) is 17.4. The topological polar surface area (TPSA) is 112 Å². The molecule has 48 heavy (non-hydrogen) atoms. The van der Waals surface area contributed by atoms with Crippen LogP contribution in [-0.4, -0.2) is 39.5 Å². The minimum absolute atomic E-state index is 0.232. The predicted molar refractivity (Wildman–Crippen MR) is 189 cm³/mol. The number of carbonyl (C=O) groups is 3. The fourth-order valence-electron chi connectivity index (χ4n) is 7.96. The third kappa shape index (κ3) is 6.29. The molecule has 0 radical (unpaired) electrons. The van der Waals surface area contributed by atoms with Crippen molar-refractivity contribution < 1.29 is 19.5 Å². The number of carboxylic acids is 1. The van der Waals surface area contributed by atoms with Crippen molar-refractivity contribution in [2.75, 3.05) is 17.2 Å². The lowest BCUT2D eigenvalue weighted by Gasteiger charge is -2.29. The van der Waals surface area contributed by atoms with E-state index in [9.17, 15) is 14.4 Å². The average molecular weight is 643 g/mol. The molecule has 4 N–H and O–H groups in total. The Balaban J connectivity index is 1.21. The number of carbonyl (C=O) groups excluding carboxylic acids is 2. The van der Waals surface area contributed by atoms with Crippen LogP contribution in [0.3, 0.4) is 0 Å². The molecule has 3 aliphatic rings. The Morgan fingerprint density at radius 2 is 1.69 bits per heavy atom. The molecule has 2 fully saturated rings. The molecule has 4 aromatic rings. The maximum atomic E-state index is 14.1. The van der Waals surface area contributed by atoms with Gasteiger partial charge in [0.15, 0.2) is 0 Å². The number of aryl methyl sites for hydroxylation is 1. The van der Waals surface area contributed by atoms with Crippen LogP contribution in [0, 0.1) is 12.1 Å². The highest BCUT2D eigenvalue weighted by molar-refractivity contribution is 6.06. The number of hydrogen-bond donors (Lipinski definition) is 4. The lowest BCUT2D eigenvalue weighted by molar-refractivity contribution is -0.131. The van der Waals surface area contributed by atoms with Gasteiger partial charge in [0.25, 0.3) is 5.91 Å². The molecule has 2 saturated carbocycles. The van der Waals surface area contributed by atoms with E-state index < -0.39 is 11.5 Å². The summed E-state index contributed by atoms with van der Waals surface area (Å²) < 4.78 is 2.43. The van der Waals surface area contributed by atoms with Gasteiger partial charge in [-0.25, -0.2) is 4.79 Å². The van der Waals surface area contributed by atoms with E-state index in [1.807, 2.05) is 18.2 Å². The summed E-state index contributed by atoms with van der Waals surface area (Å²) in [6, 6.07) is 23.5. The van der Waals surface area contributed by atoms with Crippen LogP contribution in [0.25, 0.3) is 28.2 Å². The molecule has 0 bridgehead atoms. The van der Waals surface area contributed by atoms with Crippen LogP contribution < -0.4 is 16.0 Å². The van der Waals surface area contributed by atoms with Crippen LogP contribution in [0.2, 0.25) is 0 Å². The molecule has 2 heterocycles. The zero-order valence-corrected chi connectivity index (χ0v) is 27.2. The lowest BCUT2D eigenvalue weighted by Crippen LogP contribution is -2.55. The number of carboxylic acid groups (broad SMARTS) is 1. The number of anilines is 2. The second-order valence-corrected chi connectivity index (χ2v) is 13.5. The summed E-state index contributed by atoms with van der Waals surface area (Å²) in [4.78, 5) is 38.7. The molecule has 8 nitrogen and oxygen atoms in total. The van der Waals surface area contributed by atoms with E-state index in [0.717, 1.165) is 61.6 Å². The third-order valence-electron chi connectivity index (χ3n) is 10.4. The molecule has 0 spiro atoms. The van der Waals surface area contributed by atoms with Gasteiger partial charge in [-0.3, -0.25) is 9.59 Å². The average Bonchev–Trinajstić information content (AvgIpc) is 3.73. The number of rotatable bonds is 7. The van der Waals surface area contributed by atoms with E-state index >= 15 is 0 Å². The number of hydrogen-bond acceptors (Lipinski definition) is 4. The van der Waals surface area contributed by atoms with Crippen molar-refractivity contribution >= 4 is 46.1 Å². The first-order chi connectivity index (χ1) is 23.4. The van der Waals surface area contributed by atoms with Gasteiger partial charge in [-0.05, 0) is 92.0 Å². The number of fused-ring (bicyclic) bond motifs is 5. The molecule has 0 unspecified atom stereocenters. The molecule has 246 valence electrons. The lowest BCUT2D eigenvalue weighted by atomic mass is 9.81. The number of nitrogens with zero attached hydrogens (tertiary/aromatic N) is 1. The molecule has 8 heteroatoms. The molecule has 1 aromatic heterocycles. The Morgan fingerprint density at radius 1 is 0.917 bits per heavy atom. The van der Waals surface area contributed by atoms with Crippen LogP contribution in [0.4, 0.5) is 11.4 Å². The smallest absolute Gasteiger partial charge is 0.328 e. The van der Waals surface area contributed by atoms with E-state index in [1.54, 1.807) is 24.3 Å². The summed E-state index contributed by atoms with van der Waals surface area (Å²) in [5, 5.41) is 19.9. The van der Waals surface area contributed by atoms with Crippen molar-refractivity contribution in [3.05, 3.63) is 89.5 Å². The first-order valence-electron chi connectivity index (χ1n) is 17.4. The fraction of sp³-hybridized carbons (Fsp3) is 0.375. The molecule has 2 amide bonds. The fourth-order valence-corrected chi connectivity index (χ4v) is 7.96. The number of aromatic nitrogens is 1.